The first kappa shape index (κ1) is 12.4. The van der Waals surface area contributed by atoms with Crippen LogP contribution in [0.4, 0.5) is 0 Å². The van der Waals surface area contributed by atoms with Gasteiger partial charge in [0.15, 0.2) is 0 Å². The van der Waals surface area contributed by atoms with Crippen molar-refractivity contribution < 1.29 is 13.5 Å². The van der Waals surface area contributed by atoms with Gasteiger partial charge in [0.25, 0.3) is 0 Å². The molecule has 0 aliphatic heterocycles. The minimum Gasteiger partial charge on any atom is -0.393 e. The molecule has 2 fully saturated rings. The highest BCUT2D eigenvalue weighted by atomic mass is 32.2. The lowest BCUT2D eigenvalue weighted by atomic mass is 9.84. The summed E-state index contributed by atoms with van der Waals surface area (Å²) in [5.74, 6) is 2.50. The zero-order chi connectivity index (χ0) is 11.8. The van der Waals surface area contributed by atoms with E-state index in [2.05, 4.69) is 0 Å². The molecule has 4 unspecified atom stereocenters. The molecule has 3 nitrogen and oxygen atoms in total. The predicted octanol–water partition coefficient (Wildman–Crippen LogP) is 1.61. The first-order valence-corrected chi connectivity index (χ1v) is 8.36. The van der Waals surface area contributed by atoms with E-state index in [1.165, 1.54) is 31.9 Å². The molecule has 4 heteroatoms. The second kappa shape index (κ2) is 4.65. The summed E-state index contributed by atoms with van der Waals surface area (Å²) in [7, 11) is -2.92. The summed E-state index contributed by atoms with van der Waals surface area (Å²) in [6, 6.07) is 0. The maximum absolute atomic E-state index is 11.0. The average Bonchev–Trinajstić information content (AvgIpc) is 2.75. The second-order valence-electron chi connectivity index (χ2n) is 5.74. The molecular formula is C12H22O3S. The quantitative estimate of drug-likeness (QED) is 0.802. The molecule has 0 aromatic carbocycles. The van der Waals surface area contributed by atoms with Crippen LogP contribution in [0.3, 0.4) is 0 Å². The van der Waals surface area contributed by atoms with Crippen LogP contribution in [0.15, 0.2) is 0 Å². The molecule has 2 rings (SSSR count). The lowest BCUT2D eigenvalue weighted by Gasteiger charge is -2.23. The van der Waals surface area contributed by atoms with Crippen LogP contribution in [0.25, 0.3) is 0 Å². The lowest BCUT2D eigenvalue weighted by Crippen LogP contribution is -2.21. The van der Waals surface area contributed by atoms with Gasteiger partial charge in [0, 0.05) is 6.26 Å². The molecule has 1 N–H and O–H groups in total. The van der Waals surface area contributed by atoms with Gasteiger partial charge < -0.3 is 5.11 Å². The predicted molar refractivity (Wildman–Crippen MR) is 63.9 cm³/mol. The molecule has 2 saturated carbocycles. The second-order valence-corrected chi connectivity index (χ2v) is 8.00. The van der Waals surface area contributed by atoms with Crippen molar-refractivity contribution in [1.82, 2.24) is 0 Å². The Bertz CT molecular complexity index is 336. The van der Waals surface area contributed by atoms with Gasteiger partial charge in [-0.3, -0.25) is 0 Å². The maximum Gasteiger partial charge on any atom is 0.147 e. The maximum atomic E-state index is 11.0. The van der Waals surface area contributed by atoms with Crippen molar-refractivity contribution in [2.45, 2.75) is 44.6 Å². The highest BCUT2D eigenvalue weighted by Gasteiger charge is 2.39. The van der Waals surface area contributed by atoms with Crippen LogP contribution < -0.4 is 0 Å². The molecule has 0 spiro atoms. The zero-order valence-electron chi connectivity index (χ0n) is 9.93. The van der Waals surface area contributed by atoms with Crippen LogP contribution in [-0.2, 0) is 9.84 Å². The van der Waals surface area contributed by atoms with E-state index < -0.39 is 15.9 Å². The fourth-order valence-electron chi connectivity index (χ4n) is 3.48. The van der Waals surface area contributed by atoms with Crippen molar-refractivity contribution in [1.29, 1.82) is 0 Å². The van der Waals surface area contributed by atoms with Crippen molar-refractivity contribution >= 4 is 9.84 Å². The van der Waals surface area contributed by atoms with Gasteiger partial charge in [-0.1, -0.05) is 6.42 Å². The molecule has 94 valence electrons. The Morgan fingerprint density at radius 3 is 2.56 bits per heavy atom. The molecule has 2 bridgehead atoms. The van der Waals surface area contributed by atoms with Gasteiger partial charge in [-0.05, 0) is 49.9 Å². The third-order valence-corrected chi connectivity index (χ3v) is 5.26. The molecular weight excluding hydrogens is 224 g/mol. The molecule has 16 heavy (non-hydrogen) atoms. The molecule has 2 aliphatic carbocycles. The lowest BCUT2D eigenvalue weighted by molar-refractivity contribution is 0.121. The Hall–Kier alpha value is -0.0900. The van der Waals surface area contributed by atoms with Gasteiger partial charge in [-0.2, -0.15) is 0 Å². The summed E-state index contributed by atoms with van der Waals surface area (Å²) in [5.41, 5.74) is 0. The summed E-state index contributed by atoms with van der Waals surface area (Å²) in [6.45, 7) is 0. The van der Waals surface area contributed by atoms with Gasteiger partial charge in [0.2, 0.25) is 0 Å². The minimum atomic E-state index is -2.92. The molecule has 0 heterocycles. The zero-order valence-corrected chi connectivity index (χ0v) is 10.7. The Kier molecular flexibility index (Phi) is 3.59. The first-order valence-electron chi connectivity index (χ1n) is 6.30. The average molecular weight is 246 g/mol. The Labute approximate surface area is 98.2 Å². The van der Waals surface area contributed by atoms with Crippen molar-refractivity contribution in [3.63, 3.8) is 0 Å². The van der Waals surface area contributed by atoms with Crippen LogP contribution in [0, 0.1) is 17.8 Å². The van der Waals surface area contributed by atoms with Crippen molar-refractivity contribution in [3.8, 4) is 0 Å². The normalized spacial score (nSPS) is 35.5. The van der Waals surface area contributed by atoms with E-state index in [0.29, 0.717) is 12.3 Å². The highest BCUT2D eigenvalue weighted by Crippen LogP contribution is 2.49. The van der Waals surface area contributed by atoms with Crippen LogP contribution >= 0.6 is 0 Å². The smallest absolute Gasteiger partial charge is 0.147 e. The Morgan fingerprint density at radius 1 is 1.31 bits per heavy atom. The van der Waals surface area contributed by atoms with E-state index in [1.807, 2.05) is 0 Å². The number of rotatable bonds is 5. The van der Waals surface area contributed by atoms with Crippen LogP contribution in [0.2, 0.25) is 0 Å². The largest absolute Gasteiger partial charge is 0.393 e. The highest BCUT2D eigenvalue weighted by molar-refractivity contribution is 7.90. The van der Waals surface area contributed by atoms with E-state index in [-0.39, 0.29) is 5.75 Å². The van der Waals surface area contributed by atoms with Gasteiger partial charge in [-0.15, -0.1) is 0 Å². The standard InChI is InChI=1S/C12H22O3S/c1-16(14,15)5-4-12(13)8-11-7-9-2-3-10(11)6-9/h9-13H,2-8H2,1H3. The number of hydrogen-bond donors (Lipinski definition) is 1. The fourth-order valence-corrected chi connectivity index (χ4v) is 4.18. The molecule has 0 saturated heterocycles. The Morgan fingerprint density at radius 2 is 2.06 bits per heavy atom. The minimum absolute atomic E-state index is 0.120. The summed E-state index contributed by atoms with van der Waals surface area (Å²) in [4.78, 5) is 0. The summed E-state index contributed by atoms with van der Waals surface area (Å²) in [6.07, 6.45) is 7.36. The number of fused-ring (bicyclic) bond motifs is 2. The topological polar surface area (TPSA) is 54.4 Å². The van der Waals surface area contributed by atoms with E-state index in [9.17, 15) is 13.5 Å². The molecule has 2 aliphatic rings. The molecule has 0 aromatic heterocycles. The molecule has 0 amide bonds. The van der Waals surface area contributed by atoms with E-state index >= 15 is 0 Å². The van der Waals surface area contributed by atoms with E-state index in [0.717, 1.165) is 18.3 Å². The van der Waals surface area contributed by atoms with Crippen LogP contribution in [0.5, 0.6) is 0 Å². The number of sulfone groups is 1. The van der Waals surface area contributed by atoms with Crippen LogP contribution in [0.1, 0.15) is 38.5 Å². The summed E-state index contributed by atoms with van der Waals surface area (Å²) < 4.78 is 22.0. The summed E-state index contributed by atoms with van der Waals surface area (Å²) in [5, 5.41) is 9.84. The van der Waals surface area contributed by atoms with Crippen molar-refractivity contribution in [3.05, 3.63) is 0 Å². The molecule has 4 atom stereocenters. The van der Waals surface area contributed by atoms with Gasteiger partial charge in [-0.25, -0.2) is 8.42 Å². The monoisotopic (exact) mass is 246 g/mol. The van der Waals surface area contributed by atoms with E-state index in [4.69, 9.17) is 0 Å². The van der Waals surface area contributed by atoms with Crippen LogP contribution in [-0.4, -0.2) is 31.6 Å². The molecule has 0 aromatic rings. The van der Waals surface area contributed by atoms with Crippen molar-refractivity contribution in [2.24, 2.45) is 17.8 Å². The Balaban J connectivity index is 1.73. The first-order chi connectivity index (χ1) is 7.44. The third kappa shape index (κ3) is 3.20. The third-order valence-electron chi connectivity index (χ3n) is 4.28. The molecule has 0 radical (unpaired) electrons. The van der Waals surface area contributed by atoms with Gasteiger partial charge in [0.1, 0.15) is 9.84 Å². The number of hydrogen-bond acceptors (Lipinski definition) is 3. The number of aliphatic hydroxyl groups excluding tert-OH is 1. The van der Waals surface area contributed by atoms with Gasteiger partial charge in [0.05, 0.1) is 11.9 Å². The van der Waals surface area contributed by atoms with Gasteiger partial charge >= 0.3 is 0 Å². The van der Waals surface area contributed by atoms with Crippen molar-refractivity contribution in [2.75, 3.05) is 12.0 Å². The summed E-state index contributed by atoms with van der Waals surface area (Å²) >= 11 is 0. The SMILES string of the molecule is CS(=O)(=O)CCC(O)CC1CC2CCC1C2. The number of aliphatic hydroxyl groups is 1. The van der Waals surface area contributed by atoms with E-state index in [1.54, 1.807) is 0 Å². The fraction of sp³-hybridized carbons (Fsp3) is 1.00.